The highest BCUT2D eigenvalue weighted by molar-refractivity contribution is 5.28. The molecule has 6 nitrogen and oxygen atoms in total. The van der Waals surface area contributed by atoms with E-state index in [1.807, 2.05) is 29.7 Å². The summed E-state index contributed by atoms with van der Waals surface area (Å²) in [5.41, 5.74) is 4.64. The maximum atomic E-state index is 6.06. The van der Waals surface area contributed by atoms with Gasteiger partial charge in [0.1, 0.15) is 0 Å². The first-order chi connectivity index (χ1) is 11.0. The highest BCUT2D eigenvalue weighted by atomic mass is 16.5. The zero-order chi connectivity index (χ0) is 16.6. The maximum Gasteiger partial charge on any atom is 0.0901 e. The largest absolute Gasteiger partial charge is 0.373 e. The van der Waals surface area contributed by atoms with Gasteiger partial charge in [-0.3, -0.25) is 9.36 Å². The number of rotatable bonds is 5. The maximum absolute atomic E-state index is 6.06. The fourth-order valence-corrected chi connectivity index (χ4v) is 3.46. The first-order valence-electron chi connectivity index (χ1n) is 8.32. The van der Waals surface area contributed by atoms with Gasteiger partial charge in [-0.2, -0.15) is 10.2 Å². The molecule has 0 aromatic carbocycles. The van der Waals surface area contributed by atoms with Crippen LogP contribution in [0.5, 0.6) is 0 Å². The predicted octanol–water partition coefficient (Wildman–Crippen LogP) is 2.20. The van der Waals surface area contributed by atoms with Crippen LogP contribution in [-0.2, 0) is 18.8 Å². The molecule has 2 aromatic heterocycles. The molecule has 0 aliphatic carbocycles. The van der Waals surface area contributed by atoms with Crippen molar-refractivity contribution in [1.82, 2.24) is 24.9 Å². The Kier molecular flexibility index (Phi) is 4.55. The zero-order valence-electron chi connectivity index (χ0n) is 14.7. The van der Waals surface area contributed by atoms with Crippen LogP contribution in [-0.4, -0.2) is 32.7 Å². The second-order valence-corrected chi connectivity index (χ2v) is 6.59. The van der Waals surface area contributed by atoms with E-state index in [1.165, 1.54) is 11.3 Å². The van der Waals surface area contributed by atoms with Gasteiger partial charge in [-0.05, 0) is 33.3 Å². The molecule has 0 spiro atoms. The van der Waals surface area contributed by atoms with Crippen molar-refractivity contribution in [3.8, 4) is 0 Å². The molecule has 1 N–H and O–H groups in total. The van der Waals surface area contributed by atoms with Gasteiger partial charge in [0.05, 0.1) is 17.5 Å². The molecule has 126 valence electrons. The second-order valence-electron chi connectivity index (χ2n) is 6.59. The lowest BCUT2D eigenvalue weighted by atomic mass is 9.93. The van der Waals surface area contributed by atoms with E-state index in [1.54, 1.807) is 0 Å². The van der Waals surface area contributed by atoms with Gasteiger partial charge in [0, 0.05) is 56.7 Å². The molecule has 0 radical (unpaired) electrons. The van der Waals surface area contributed by atoms with Crippen LogP contribution in [0.3, 0.4) is 0 Å². The van der Waals surface area contributed by atoms with Crippen molar-refractivity contribution in [2.45, 2.75) is 39.3 Å². The van der Waals surface area contributed by atoms with Crippen molar-refractivity contribution in [1.29, 1.82) is 0 Å². The average Bonchev–Trinajstić information content (AvgIpc) is 3.18. The standard InChI is InChI=1S/C17H27N5O/c1-11(15-6-8-21(4)20-15)18-10-14-7-9-23-17(14)16-12(2)19-22(5)13(16)3/h6,8,11,14,17-18H,7,9-10H2,1-5H3/t11?,14-,17+/m1/s1. The van der Waals surface area contributed by atoms with Crippen molar-refractivity contribution in [2.75, 3.05) is 13.2 Å². The quantitative estimate of drug-likeness (QED) is 0.918. The van der Waals surface area contributed by atoms with Crippen molar-refractivity contribution >= 4 is 0 Å². The lowest BCUT2D eigenvalue weighted by Gasteiger charge is -2.21. The minimum Gasteiger partial charge on any atom is -0.373 e. The molecule has 0 amide bonds. The predicted molar refractivity (Wildman–Crippen MR) is 89.1 cm³/mol. The van der Waals surface area contributed by atoms with Crippen LogP contribution in [0.25, 0.3) is 0 Å². The van der Waals surface area contributed by atoms with E-state index in [0.717, 1.165) is 31.0 Å². The van der Waals surface area contributed by atoms with E-state index in [0.29, 0.717) is 5.92 Å². The minimum absolute atomic E-state index is 0.145. The van der Waals surface area contributed by atoms with Crippen molar-refractivity contribution in [3.63, 3.8) is 0 Å². The third kappa shape index (κ3) is 3.19. The van der Waals surface area contributed by atoms with Gasteiger partial charge >= 0.3 is 0 Å². The van der Waals surface area contributed by atoms with Gasteiger partial charge in [-0.1, -0.05) is 0 Å². The average molecular weight is 317 g/mol. The highest BCUT2D eigenvalue weighted by Crippen LogP contribution is 2.37. The van der Waals surface area contributed by atoms with Crippen LogP contribution in [0.2, 0.25) is 0 Å². The van der Waals surface area contributed by atoms with E-state index in [2.05, 4.69) is 42.4 Å². The molecule has 1 unspecified atom stereocenters. The molecule has 1 fully saturated rings. The summed E-state index contributed by atoms with van der Waals surface area (Å²) < 4.78 is 9.85. The summed E-state index contributed by atoms with van der Waals surface area (Å²) in [5, 5.41) is 12.6. The fraction of sp³-hybridized carbons (Fsp3) is 0.647. The monoisotopic (exact) mass is 317 g/mol. The minimum atomic E-state index is 0.145. The Morgan fingerprint density at radius 3 is 2.74 bits per heavy atom. The normalized spacial score (nSPS) is 22.7. The molecule has 1 aliphatic rings. The van der Waals surface area contributed by atoms with E-state index in [-0.39, 0.29) is 12.1 Å². The molecule has 0 bridgehead atoms. The molecule has 2 aromatic rings. The van der Waals surface area contributed by atoms with Gasteiger partial charge in [0.15, 0.2) is 0 Å². The Labute approximate surface area is 137 Å². The Balaban J connectivity index is 1.67. The van der Waals surface area contributed by atoms with E-state index < -0.39 is 0 Å². The van der Waals surface area contributed by atoms with Crippen molar-refractivity contribution in [3.05, 3.63) is 34.9 Å². The molecule has 23 heavy (non-hydrogen) atoms. The third-order valence-electron chi connectivity index (χ3n) is 4.93. The molecule has 3 heterocycles. The Bertz CT molecular complexity index is 675. The molecular formula is C17H27N5O. The van der Waals surface area contributed by atoms with Crippen LogP contribution in [0.4, 0.5) is 0 Å². The molecule has 6 heteroatoms. The number of aryl methyl sites for hydroxylation is 3. The third-order valence-corrected chi connectivity index (χ3v) is 4.93. The number of ether oxygens (including phenoxy) is 1. The van der Waals surface area contributed by atoms with Crippen molar-refractivity contribution in [2.24, 2.45) is 20.0 Å². The summed E-state index contributed by atoms with van der Waals surface area (Å²) in [7, 11) is 3.95. The van der Waals surface area contributed by atoms with Crippen LogP contribution in [0.1, 0.15) is 48.1 Å². The van der Waals surface area contributed by atoms with Gasteiger partial charge < -0.3 is 10.1 Å². The number of nitrogens with zero attached hydrogens (tertiary/aromatic N) is 4. The highest BCUT2D eigenvalue weighted by Gasteiger charge is 2.33. The van der Waals surface area contributed by atoms with Gasteiger partial charge in [0.25, 0.3) is 0 Å². The number of hydrogen-bond donors (Lipinski definition) is 1. The van der Waals surface area contributed by atoms with Gasteiger partial charge in [-0.15, -0.1) is 0 Å². The Hall–Kier alpha value is -1.66. The summed E-state index contributed by atoms with van der Waals surface area (Å²) in [6.45, 7) is 8.11. The number of aromatic nitrogens is 4. The first-order valence-corrected chi connectivity index (χ1v) is 8.32. The zero-order valence-corrected chi connectivity index (χ0v) is 14.7. The fourth-order valence-electron chi connectivity index (χ4n) is 3.46. The number of hydrogen-bond acceptors (Lipinski definition) is 4. The lowest BCUT2D eigenvalue weighted by Crippen LogP contribution is -2.28. The molecule has 3 atom stereocenters. The summed E-state index contributed by atoms with van der Waals surface area (Å²) in [6, 6.07) is 2.31. The van der Waals surface area contributed by atoms with E-state index >= 15 is 0 Å². The lowest BCUT2D eigenvalue weighted by molar-refractivity contribution is 0.0888. The summed E-state index contributed by atoms with van der Waals surface area (Å²) in [6.07, 6.45) is 3.21. The molecule has 1 aliphatic heterocycles. The molecule has 0 saturated carbocycles. The van der Waals surface area contributed by atoms with Crippen LogP contribution in [0.15, 0.2) is 12.3 Å². The Morgan fingerprint density at radius 2 is 2.13 bits per heavy atom. The van der Waals surface area contributed by atoms with Crippen LogP contribution < -0.4 is 5.32 Å². The summed E-state index contributed by atoms with van der Waals surface area (Å²) in [5.74, 6) is 0.475. The van der Waals surface area contributed by atoms with Crippen LogP contribution >= 0.6 is 0 Å². The van der Waals surface area contributed by atoms with Crippen molar-refractivity contribution < 1.29 is 4.74 Å². The van der Waals surface area contributed by atoms with Gasteiger partial charge in [0.2, 0.25) is 0 Å². The van der Waals surface area contributed by atoms with E-state index in [4.69, 9.17) is 4.74 Å². The molecular weight excluding hydrogens is 290 g/mol. The first kappa shape index (κ1) is 16.2. The van der Waals surface area contributed by atoms with Crippen LogP contribution in [0, 0.1) is 19.8 Å². The molecule has 3 rings (SSSR count). The molecule has 1 saturated heterocycles. The Morgan fingerprint density at radius 1 is 1.35 bits per heavy atom. The summed E-state index contributed by atoms with van der Waals surface area (Å²) >= 11 is 0. The number of nitrogens with one attached hydrogen (secondary N) is 1. The second kappa shape index (κ2) is 6.45. The van der Waals surface area contributed by atoms with Gasteiger partial charge in [-0.25, -0.2) is 0 Å². The van der Waals surface area contributed by atoms with E-state index in [9.17, 15) is 0 Å². The topological polar surface area (TPSA) is 56.9 Å². The summed E-state index contributed by atoms with van der Waals surface area (Å²) in [4.78, 5) is 0. The SMILES string of the molecule is Cc1nn(C)c(C)c1[C@H]1OCC[C@@H]1CNC(C)c1ccn(C)n1. The smallest absolute Gasteiger partial charge is 0.0901 e.